The zero-order valence-electron chi connectivity index (χ0n) is 10.7. The average molecular weight is 236 g/mol. The fourth-order valence-electron chi connectivity index (χ4n) is 4.28. The summed E-state index contributed by atoms with van der Waals surface area (Å²) in [6.45, 7) is 3.52. The number of piperidine rings is 1. The highest BCUT2D eigenvalue weighted by atomic mass is 16.1. The van der Waals surface area contributed by atoms with Crippen molar-refractivity contribution >= 4 is 5.91 Å². The summed E-state index contributed by atoms with van der Waals surface area (Å²) in [4.78, 5) is 11.0. The molecule has 17 heavy (non-hydrogen) atoms. The normalized spacial score (nSPS) is 49.5. The quantitative estimate of drug-likeness (QED) is 0.766. The lowest BCUT2D eigenvalue weighted by molar-refractivity contribution is -0.139. The molecule has 2 saturated carbocycles. The summed E-state index contributed by atoms with van der Waals surface area (Å²) in [5.41, 5.74) is 5.86. The molecule has 3 rings (SSSR count). The fraction of sp³-hybridized carbons (Fsp3) is 0.929. The second kappa shape index (κ2) is 3.98. The number of hydrogen-bond donors (Lipinski definition) is 2. The molecule has 0 aromatic rings. The SMILES string of the molecule is C[C@H]1CC[C@H](C2CC3(CC(C(N)=O)C3)C2)NC1. The molecule has 3 N–H and O–H groups in total. The molecule has 0 unspecified atom stereocenters. The smallest absolute Gasteiger partial charge is 0.220 e. The van der Waals surface area contributed by atoms with Crippen LogP contribution in [0.1, 0.15) is 45.4 Å². The van der Waals surface area contributed by atoms with Crippen molar-refractivity contribution in [3.63, 3.8) is 0 Å². The summed E-state index contributed by atoms with van der Waals surface area (Å²) in [6, 6.07) is 0.754. The minimum absolute atomic E-state index is 0.0799. The fourth-order valence-corrected chi connectivity index (χ4v) is 4.28. The third-order valence-corrected chi connectivity index (χ3v) is 5.42. The molecule has 1 saturated heterocycles. The third-order valence-electron chi connectivity index (χ3n) is 5.42. The summed E-state index contributed by atoms with van der Waals surface area (Å²) in [5, 5.41) is 3.70. The lowest BCUT2D eigenvalue weighted by Gasteiger charge is -2.59. The van der Waals surface area contributed by atoms with Crippen molar-refractivity contribution in [3.8, 4) is 0 Å². The molecule has 0 bridgehead atoms. The zero-order valence-corrected chi connectivity index (χ0v) is 10.7. The third kappa shape index (κ3) is 1.99. The molecule has 0 aromatic heterocycles. The lowest BCUT2D eigenvalue weighted by Crippen LogP contribution is -2.56. The van der Waals surface area contributed by atoms with Crippen LogP contribution >= 0.6 is 0 Å². The molecule has 1 amide bonds. The number of nitrogens with one attached hydrogen (secondary N) is 1. The van der Waals surface area contributed by atoms with Gasteiger partial charge in [-0.05, 0) is 62.3 Å². The molecule has 1 heterocycles. The highest BCUT2D eigenvalue weighted by Crippen LogP contribution is 2.62. The molecule has 3 heteroatoms. The van der Waals surface area contributed by atoms with Gasteiger partial charge >= 0.3 is 0 Å². The van der Waals surface area contributed by atoms with Crippen LogP contribution in [0.5, 0.6) is 0 Å². The van der Waals surface area contributed by atoms with Gasteiger partial charge in [0.25, 0.3) is 0 Å². The molecule has 1 spiro atoms. The van der Waals surface area contributed by atoms with Crippen LogP contribution in [0.25, 0.3) is 0 Å². The van der Waals surface area contributed by atoms with Crippen molar-refractivity contribution in [1.82, 2.24) is 5.32 Å². The molecular formula is C14H24N2O. The first-order valence-corrected chi connectivity index (χ1v) is 7.11. The Kier molecular flexibility index (Phi) is 2.69. The number of carbonyl (C=O) groups excluding carboxylic acids is 1. The van der Waals surface area contributed by atoms with E-state index in [1.807, 2.05) is 0 Å². The first-order chi connectivity index (χ1) is 8.08. The highest BCUT2D eigenvalue weighted by molar-refractivity contribution is 5.77. The van der Waals surface area contributed by atoms with Gasteiger partial charge in [-0.15, -0.1) is 0 Å². The average Bonchev–Trinajstić information content (AvgIpc) is 2.15. The predicted octanol–water partition coefficient (Wildman–Crippen LogP) is 1.67. The summed E-state index contributed by atoms with van der Waals surface area (Å²) in [5.74, 6) is 1.83. The molecule has 2 aliphatic carbocycles. The van der Waals surface area contributed by atoms with Crippen molar-refractivity contribution < 1.29 is 4.79 Å². The van der Waals surface area contributed by atoms with Crippen LogP contribution in [0.2, 0.25) is 0 Å². The Morgan fingerprint density at radius 1 is 1.24 bits per heavy atom. The summed E-state index contributed by atoms with van der Waals surface area (Å²) in [6.07, 6.45) is 7.54. The van der Waals surface area contributed by atoms with Gasteiger partial charge in [0, 0.05) is 12.0 Å². The van der Waals surface area contributed by atoms with Crippen LogP contribution in [0, 0.1) is 23.2 Å². The van der Waals surface area contributed by atoms with Gasteiger partial charge in [-0.1, -0.05) is 6.92 Å². The van der Waals surface area contributed by atoms with Crippen LogP contribution in [0.3, 0.4) is 0 Å². The summed E-state index contributed by atoms with van der Waals surface area (Å²) >= 11 is 0. The molecule has 3 aliphatic rings. The molecule has 2 atom stereocenters. The molecule has 0 radical (unpaired) electrons. The Bertz CT molecular complexity index is 306. The minimum Gasteiger partial charge on any atom is -0.369 e. The van der Waals surface area contributed by atoms with E-state index in [1.165, 1.54) is 32.2 Å². The van der Waals surface area contributed by atoms with Gasteiger partial charge < -0.3 is 11.1 Å². The number of carbonyl (C=O) groups is 1. The second-order valence-electron chi connectivity index (χ2n) is 6.87. The first-order valence-electron chi connectivity index (χ1n) is 7.11. The minimum atomic E-state index is -0.0799. The van der Waals surface area contributed by atoms with E-state index in [0.29, 0.717) is 5.41 Å². The van der Waals surface area contributed by atoms with E-state index >= 15 is 0 Å². The van der Waals surface area contributed by atoms with Gasteiger partial charge in [-0.2, -0.15) is 0 Å². The van der Waals surface area contributed by atoms with Crippen molar-refractivity contribution in [2.75, 3.05) is 6.54 Å². The van der Waals surface area contributed by atoms with Gasteiger partial charge in [0.1, 0.15) is 0 Å². The Balaban J connectivity index is 1.45. The largest absolute Gasteiger partial charge is 0.369 e. The van der Waals surface area contributed by atoms with E-state index in [4.69, 9.17) is 5.73 Å². The van der Waals surface area contributed by atoms with Crippen LogP contribution in [0.4, 0.5) is 0 Å². The van der Waals surface area contributed by atoms with Gasteiger partial charge in [0.15, 0.2) is 0 Å². The van der Waals surface area contributed by atoms with Crippen molar-refractivity contribution in [1.29, 1.82) is 0 Å². The first kappa shape index (κ1) is 11.5. The topological polar surface area (TPSA) is 55.1 Å². The number of amides is 1. The van der Waals surface area contributed by atoms with Gasteiger partial charge in [0.05, 0.1) is 0 Å². The van der Waals surface area contributed by atoms with Crippen LogP contribution in [0.15, 0.2) is 0 Å². The second-order valence-corrected chi connectivity index (χ2v) is 6.87. The summed E-state index contributed by atoms with van der Waals surface area (Å²) in [7, 11) is 0. The molecule has 96 valence electrons. The maximum absolute atomic E-state index is 11.0. The number of primary amides is 1. The van der Waals surface area contributed by atoms with Crippen molar-refractivity contribution in [2.24, 2.45) is 28.9 Å². The highest BCUT2D eigenvalue weighted by Gasteiger charge is 2.55. The predicted molar refractivity (Wildman–Crippen MR) is 67.3 cm³/mol. The Morgan fingerprint density at radius 3 is 2.47 bits per heavy atom. The van der Waals surface area contributed by atoms with Crippen LogP contribution in [-0.4, -0.2) is 18.5 Å². The molecular weight excluding hydrogens is 212 g/mol. The Hall–Kier alpha value is -0.570. The maximum atomic E-state index is 11.0. The summed E-state index contributed by atoms with van der Waals surface area (Å²) < 4.78 is 0. The lowest BCUT2D eigenvalue weighted by atomic mass is 9.46. The Labute approximate surface area is 104 Å². The van der Waals surface area contributed by atoms with Gasteiger partial charge in [-0.25, -0.2) is 0 Å². The Morgan fingerprint density at radius 2 is 1.94 bits per heavy atom. The standard InChI is InChI=1S/C14H24N2O/c1-9-2-3-12(16-8-9)10-4-14(5-10)6-11(7-14)13(15)17/h9-12,16H,2-8H2,1H3,(H2,15,17)/t9-,10?,11?,12+,14?/m0/s1. The van der Waals surface area contributed by atoms with E-state index in [2.05, 4.69) is 12.2 Å². The number of rotatable bonds is 2. The maximum Gasteiger partial charge on any atom is 0.220 e. The van der Waals surface area contributed by atoms with Crippen molar-refractivity contribution in [3.05, 3.63) is 0 Å². The molecule has 1 aliphatic heterocycles. The van der Waals surface area contributed by atoms with Crippen LogP contribution < -0.4 is 11.1 Å². The monoisotopic (exact) mass is 236 g/mol. The number of hydrogen-bond acceptors (Lipinski definition) is 2. The van der Waals surface area contributed by atoms with Crippen LogP contribution in [-0.2, 0) is 4.79 Å². The molecule has 3 fully saturated rings. The van der Waals surface area contributed by atoms with E-state index in [0.717, 1.165) is 30.7 Å². The van der Waals surface area contributed by atoms with Crippen molar-refractivity contribution in [2.45, 2.75) is 51.5 Å². The van der Waals surface area contributed by atoms with E-state index in [-0.39, 0.29) is 11.8 Å². The number of nitrogens with two attached hydrogens (primary N) is 1. The van der Waals surface area contributed by atoms with E-state index in [1.54, 1.807) is 0 Å². The van der Waals surface area contributed by atoms with Gasteiger partial charge in [-0.3, -0.25) is 4.79 Å². The van der Waals surface area contributed by atoms with E-state index < -0.39 is 0 Å². The molecule has 3 nitrogen and oxygen atoms in total. The van der Waals surface area contributed by atoms with E-state index in [9.17, 15) is 4.79 Å². The molecule has 0 aromatic carbocycles. The van der Waals surface area contributed by atoms with Gasteiger partial charge in [0.2, 0.25) is 5.91 Å². The zero-order chi connectivity index (χ0) is 12.0.